The number of ether oxygens (including phenoxy) is 3. The first kappa shape index (κ1) is 15.7. The molecule has 0 amide bonds. The number of carbonyl (C=O) groups excluding carboxylic acids is 1. The van der Waals surface area contributed by atoms with Crippen LogP contribution in [0.5, 0.6) is 11.5 Å². The minimum Gasteiger partial charge on any atom is -0.493 e. The molecule has 2 aromatic rings. The quantitative estimate of drug-likeness (QED) is 0.624. The first-order chi connectivity index (χ1) is 11.7. The fourth-order valence-electron chi connectivity index (χ4n) is 2.30. The number of esters is 1. The minimum absolute atomic E-state index is 0.240. The van der Waals surface area contributed by atoms with E-state index in [1.165, 1.54) is 0 Å². The van der Waals surface area contributed by atoms with E-state index in [-0.39, 0.29) is 5.70 Å². The van der Waals surface area contributed by atoms with E-state index in [1.54, 1.807) is 44.7 Å². The van der Waals surface area contributed by atoms with Crippen molar-refractivity contribution in [2.75, 3.05) is 14.2 Å². The van der Waals surface area contributed by atoms with Crippen LogP contribution in [0.15, 0.2) is 53.3 Å². The van der Waals surface area contributed by atoms with Gasteiger partial charge in [0, 0.05) is 12.6 Å². The Morgan fingerprint density at radius 1 is 1.12 bits per heavy atom. The monoisotopic (exact) mass is 324 g/mol. The molecule has 1 aromatic carbocycles. The van der Waals surface area contributed by atoms with Gasteiger partial charge in [0.15, 0.2) is 17.2 Å². The smallest absolute Gasteiger partial charge is 0.363 e. The Kier molecular flexibility index (Phi) is 4.56. The maximum absolute atomic E-state index is 11.9. The summed E-state index contributed by atoms with van der Waals surface area (Å²) >= 11 is 0. The molecule has 0 saturated carbocycles. The van der Waals surface area contributed by atoms with Crippen molar-refractivity contribution in [1.29, 1.82) is 0 Å². The summed E-state index contributed by atoms with van der Waals surface area (Å²) in [6, 6.07) is 10.9. The molecule has 1 aliphatic rings. The van der Waals surface area contributed by atoms with Crippen LogP contribution in [0.3, 0.4) is 0 Å². The van der Waals surface area contributed by atoms with Gasteiger partial charge in [-0.2, -0.15) is 0 Å². The first-order valence-corrected chi connectivity index (χ1v) is 7.33. The molecular weight excluding hydrogens is 308 g/mol. The minimum atomic E-state index is -0.476. The summed E-state index contributed by atoms with van der Waals surface area (Å²) in [6.45, 7) is 0. The number of benzene rings is 1. The predicted octanol–water partition coefficient (Wildman–Crippen LogP) is 2.64. The van der Waals surface area contributed by atoms with Gasteiger partial charge in [0.25, 0.3) is 0 Å². The SMILES string of the molecule is COc1ccc(CC2=N/C(=C/c3ccccn3)C(=O)O2)cc1OC. The second-order valence-electron chi connectivity index (χ2n) is 5.05. The van der Waals surface area contributed by atoms with Gasteiger partial charge in [-0.3, -0.25) is 4.98 Å². The molecule has 0 atom stereocenters. The molecule has 3 rings (SSSR count). The summed E-state index contributed by atoms with van der Waals surface area (Å²) in [5.74, 6) is 1.12. The van der Waals surface area contributed by atoms with Gasteiger partial charge in [0.1, 0.15) is 0 Å². The van der Waals surface area contributed by atoms with E-state index < -0.39 is 5.97 Å². The molecule has 0 radical (unpaired) electrons. The van der Waals surface area contributed by atoms with E-state index >= 15 is 0 Å². The summed E-state index contributed by atoms with van der Waals surface area (Å²) in [4.78, 5) is 20.3. The molecule has 24 heavy (non-hydrogen) atoms. The van der Waals surface area contributed by atoms with Crippen molar-refractivity contribution in [2.45, 2.75) is 6.42 Å². The number of aromatic nitrogens is 1. The Balaban J connectivity index is 1.80. The lowest BCUT2D eigenvalue weighted by Crippen LogP contribution is -2.07. The number of methoxy groups -OCH3 is 2. The Bertz CT molecular complexity index is 813. The van der Waals surface area contributed by atoms with Gasteiger partial charge in [-0.15, -0.1) is 0 Å². The highest BCUT2D eigenvalue weighted by atomic mass is 16.6. The van der Waals surface area contributed by atoms with Gasteiger partial charge in [-0.05, 0) is 35.9 Å². The van der Waals surface area contributed by atoms with Crippen molar-refractivity contribution in [2.24, 2.45) is 4.99 Å². The fraction of sp³-hybridized carbons (Fsp3) is 0.167. The number of hydrogen-bond acceptors (Lipinski definition) is 6. The lowest BCUT2D eigenvalue weighted by molar-refractivity contribution is -0.130. The molecule has 0 N–H and O–H groups in total. The third-order valence-electron chi connectivity index (χ3n) is 3.44. The number of rotatable bonds is 5. The van der Waals surface area contributed by atoms with E-state index in [1.807, 2.05) is 18.2 Å². The number of pyridine rings is 1. The lowest BCUT2D eigenvalue weighted by Gasteiger charge is -2.09. The summed E-state index contributed by atoms with van der Waals surface area (Å²) in [5.41, 5.74) is 1.79. The van der Waals surface area contributed by atoms with Crippen molar-refractivity contribution < 1.29 is 19.0 Å². The molecule has 0 spiro atoms. The molecule has 6 nitrogen and oxygen atoms in total. The van der Waals surface area contributed by atoms with E-state index in [2.05, 4.69) is 9.98 Å². The summed E-state index contributed by atoms with van der Waals surface area (Å²) in [5, 5.41) is 0. The Morgan fingerprint density at radius 3 is 2.67 bits per heavy atom. The zero-order valence-electron chi connectivity index (χ0n) is 13.4. The van der Waals surface area contributed by atoms with Gasteiger partial charge in [0.05, 0.1) is 19.9 Å². The largest absolute Gasteiger partial charge is 0.493 e. The van der Waals surface area contributed by atoms with Crippen molar-refractivity contribution in [3.8, 4) is 11.5 Å². The molecule has 2 heterocycles. The van der Waals surface area contributed by atoms with Crippen molar-refractivity contribution >= 4 is 17.9 Å². The summed E-state index contributed by atoms with van der Waals surface area (Å²) < 4.78 is 15.7. The van der Waals surface area contributed by atoms with Crippen LogP contribution in [-0.4, -0.2) is 31.1 Å². The molecule has 1 aromatic heterocycles. The zero-order valence-corrected chi connectivity index (χ0v) is 13.4. The van der Waals surface area contributed by atoms with Crippen molar-refractivity contribution in [3.05, 3.63) is 59.5 Å². The maximum atomic E-state index is 11.9. The second kappa shape index (κ2) is 6.95. The van der Waals surface area contributed by atoms with Crippen LogP contribution >= 0.6 is 0 Å². The Labute approximate surface area is 139 Å². The third kappa shape index (κ3) is 3.43. The number of nitrogens with zero attached hydrogens (tertiary/aromatic N) is 2. The standard InChI is InChI=1S/C18H16N2O4/c1-22-15-7-6-12(9-16(15)23-2)10-17-20-14(18(21)24-17)11-13-5-3-4-8-19-13/h3-9,11H,10H2,1-2H3/b14-11+. The van der Waals surface area contributed by atoms with E-state index in [0.717, 1.165) is 5.56 Å². The highest BCUT2D eigenvalue weighted by Gasteiger charge is 2.23. The fourth-order valence-corrected chi connectivity index (χ4v) is 2.30. The van der Waals surface area contributed by atoms with Crippen LogP contribution in [0.1, 0.15) is 11.3 Å². The molecule has 0 unspecified atom stereocenters. The predicted molar refractivity (Wildman–Crippen MR) is 89.0 cm³/mol. The number of hydrogen-bond donors (Lipinski definition) is 0. The highest BCUT2D eigenvalue weighted by molar-refractivity contribution is 6.07. The van der Waals surface area contributed by atoms with Crippen LogP contribution in [0, 0.1) is 0 Å². The van der Waals surface area contributed by atoms with Gasteiger partial charge < -0.3 is 14.2 Å². The Hall–Kier alpha value is -3.15. The zero-order chi connectivity index (χ0) is 16.9. The molecular formula is C18H16N2O4. The molecule has 0 saturated heterocycles. The van der Waals surface area contributed by atoms with Crippen molar-refractivity contribution in [1.82, 2.24) is 4.98 Å². The van der Waals surface area contributed by atoms with E-state index in [0.29, 0.717) is 29.5 Å². The number of cyclic esters (lactones) is 1. The van der Waals surface area contributed by atoms with E-state index in [9.17, 15) is 4.79 Å². The van der Waals surface area contributed by atoms with Gasteiger partial charge in [0.2, 0.25) is 5.90 Å². The number of carbonyl (C=O) groups is 1. The highest BCUT2D eigenvalue weighted by Crippen LogP contribution is 2.28. The third-order valence-corrected chi connectivity index (χ3v) is 3.44. The van der Waals surface area contributed by atoms with Crippen LogP contribution in [0.25, 0.3) is 6.08 Å². The molecule has 122 valence electrons. The summed E-state index contributed by atoms with van der Waals surface area (Å²) in [7, 11) is 3.15. The summed E-state index contributed by atoms with van der Waals surface area (Å²) in [6.07, 6.45) is 3.64. The molecule has 0 aliphatic carbocycles. The average Bonchev–Trinajstić information content (AvgIpc) is 2.94. The topological polar surface area (TPSA) is 70.0 Å². The first-order valence-electron chi connectivity index (χ1n) is 7.33. The normalized spacial score (nSPS) is 15.2. The van der Waals surface area contributed by atoms with Gasteiger partial charge in [-0.1, -0.05) is 12.1 Å². The van der Waals surface area contributed by atoms with Gasteiger partial charge in [-0.25, -0.2) is 9.79 Å². The van der Waals surface area contributed by atoms with Crippen LogP contribution < -0.4 is 9.47 Å². The van der Waals surface area contributed by atoms with Crippen LogP contribution in [0.4, 0.5) is 0 Å². The molecule has 6 heteroatoms. The van der Waals surface area contributed by atoms with Gasteiger partial charge >= 0.3 is 5.97 Å². The van der Waals surface area contributed by atoms with E-state index in [4.69, 9.17) is 14.2 Å². The van der Waals surface area contributed by atoms with Crippen molar-refractivity contribution in [3.63, 3.8) is 0 Å². The lowest BCUT2D eigenvalue weighted by atomic mass is 10.1. The average molecular weight is 324 g/mol. The van der Waals surface area contributed by atoms with Crippen LogP contribution in [-0.2, 0) is 16.0 Å². The second-order valence-corrected chi connectivity index (χ2v) is 5.05. The molecule has 0 fully saturated rings. The van der Waals surface area contributed by atoms with Crippen LogP contribution in [0.2, 0.25) is 0 Å². The number of aliphatic imine (C=N–C) groups is 1. The molecule has 0 bridgehead atoms. The Morgan fingerprint density at radius 2 is 1.96 bits per heavy atom. The molecule has 1 aliphatic heterocycles. The maximum Gasteiger partial charge on any atom is 0.363 e.